The summed E-state index contributed by atoms with van der Waals surface area (Å²) in [5.74, 6) is 0.267. The van der Waals surface area contributed by atoms with Gasteiger partial charge in [-0.25, -0.2) is 0 Å². The van der Waals surface area contributed by atoms with Crippen molar-refractivity contribution in [3.8, 4) is 0 Å². The van der Waals surface area contributed by atoms with Gasteiger partial charge in [-0.1, -0.05) is 58.2 Å². The number of ether oxygens (including phenoxy) is 1. The van der Waals surface area contributed by atoms with Crippen LogP contribution in [-0.4, -0.2) is 85.6 Å². The van der Waals surface area contributed by atoms with Crippen molar-refractivity contribution in [2.45, 2.75) is 34.9 Å². The molecule has 1 fully saturated rings. The molecular weight excluding hydrogens is 648 g/mol. The quantitative estimate of drug-likeness (QED) is 0.126. The summed E-state index contributed by atoms with van der Waals surface area (Å²) in [6, 6.07) is 7.16. The lowest BCUT2D eigenvalue weighted by Crippen LogP contribution is -2.34. The SMILES string of the molecule is CN(Cc1ccccc1Cl)c1nc(Cl)nc2c1nnn2[C@@H]1O[C@H](COP(=O)(O)C(Cl)(Cl)P(=O)(O)O)[C@@H](O)[C@H]1O. The van der Waals surface area contributed by atoms with Gasteiger partial charge in [0.25, 0.3) is 0 Å². The molecule has 0 bridgehead atoms. The van der Waals surface area contributed by atoms with E-state index in [9.17, 15) is 34.0 Å². The fourth-order valence-electron chi connectivity index (χ4n) is 3.67. The Morgan fingerprint density at radius 3 is 2.44 bits per heavy atom. The standard InChI is InChI=1S/C18H20Cl4N6O9P2/c1-27(6-8-4-2-3-5-9(8)19)14-11-15(24-17(20)23-14)28(26-25-11)16-13(30)12(29)10(37-16)7-36-39(34,35)18(21,22)38(31,32)33/h2-5,10,12-13,16,29-30H,6-7H2,1H3,(H,34,35)(H2,31,32,33)/t10-,12-,13-,16-/m1/s1. The molecule has 5 atom stereocenters. The zero-order valence-corrected chi connectivity index (χ0v) is 24.3. The molecule has 39 heavy (non-hydrogen) atoms. The maximum absolute atomic E-state index is 12.3. The second-order valence-corrected chi connectivity index (χ2v) is 15.6. The molecule has 5 N–H and O–H groups in total. The van der Waals surface area contributed by atoms with Crippen LogP contribution in [0.4, 0.5) is 5.82 Å². The highest BCUT2D eigenvalue weighted by Crippen LogP contribution is 2.76. The summed E-state index contributed by atoms with van der Waals surface area (Å²) >= 11 is 23.2. The van der Waals surface area contributed by atoms with Crippen molar-refractivity contribution in [1.29, 1.82) is 0 Å². The van der Waals surface area contributed by atoms with E-state index in [0.717, 1.165) is 10.2 Å². The summed E-state index contributed by atoms with van der Waals surface area (Å²) in [5, 5.41) is 29.4. The van der Waals surface area contributed by atoms with Crippen molar-refractivity contribution in [1.82, 2.24) is 25.0 Å². The summed E-state index contributed by atoms with van der Waals surface area (Å²) in [4.78, 5) is 38.3. The number of alkyl halides is 2. The zero-order valence-electron chi connectivity index (χ0n) is 19.5. The molecular formula is C18H20Cl4N6O9P2. The predicted octanol–water partition coefficient (Wildman–Crippen LogP) is 2.25. The van der Waals surface area contributed by atoms with E-state index in [2.05, 4.69) is 24.8 Å². The molecule has 0 aliphatic carbocycles. The van der Waals surface area contributed by atoms with Crippen LogP contribution in [0.25, 0.3) is 11.2 Å². The van der Waals surface area contributed by atoms with Crippen molar-refractivity contribution >= 4 is 78.6 Å². The normalized spacial score (nSPS) is 23.7. The predicted molar refractivity (Wildman–Crippen MR) is 140 cm³/mol. The lowest BCUT2D eigenvalue weighted by atomic mass is 10.1. The topological polar surface area (TPSA) is 213 Å². The van der Waals surface area contributed by atoms with Crippen molar-refractivity contribution < 1.29 is 43.3 Å². The molecule has 15 nitrogen and oxygen atoms in total. The second-order valence-electron chi connectivity index (χ2n) is 8.39. The maximum atomic E-state index is 12.3. The maximum Gasteiger partial charge on any atom is 0.376 e. The van der Waals surface area contributed by atoms with Gasteiger partial charge in [-0.15, -0.1) is 5.10 Å². The number of nitrogens with zero attached hydrogens (tertiary/aromatic N) is 6. The minimum atomic E-state index is -5.52. The minimum Gasteiger partial charge on any atom is -0.387 e. The monoisotopic (exact) mass is 666 g/mol. The van der Waals surface area contributed by atoms with Crippen LogP contribution in [0, 0.1) is 0 Å². The molecule has 0 saturated carbocycles. The van der Waals surface area contributed by atoms with E-state index in [1.807, 2.05) is 12.1 Å². The van der Waals surface area contributed by atoms with Crippen molar-refractivity contribution in [3.05, 3.63) is 40.1 Å². The number of aliphatic hydroxyl groups excluding tert-OH is 2. The van der Waals surface area contributed by atoms with Gasteiger partial charge >= 0.3 is 19.0 Å². The molecule has 1 aliphatic rings. The average molecular weight is 668 g/mol. The van der Waals surface area contributed by atoms with Gasteiger partial charge in [0.15, 0.2) is 23.2 Å². The fraction of sp³-hybridized carbons (Fsp3) is 0.444. The van der Waals surface area contributed by atoms with Crippen LogP contribution in [0.1, 0.15) is 11.8 Å². The Morgan fingerprint density at radius 1 is 1.13 bits per heavy atom. The first-order valence-electron chi connectivity index (χ1n) is 10.7. The molecule has 1 aliphatic heterocycles. The Hall–Kier alpha value is -1.16. The lowest BCUT2D eigenvalue weighted by Gasteiger charge is -2.26. The summed E-state index contributed by atoms with van der Waals surface area (Å²) in [7, 11) is -9.20. The first kappa shape index (κ1) is 30.8. The molecule has 0 amide bonds. The van der Waals surface area contributed by atoms with Crippen LogP contribution in [0.2, 0.25) is 10.3 Å². The van der Waals surface area contributed by atoms with Gasteiger partial charge in [-0.05, 0) is 23.2 Å². The molecule has 0 spiro atoms. The van der Waals surface area contributed by atoms with Gasteiger partial charge in [-0.2, -0.15) is 14.6 Å². The Bertz CT molecular complexity index is 1480. The fourth-order valence-corrected chi connectivity index (χ4v) is 6.31. The van der Waals surface area contributed by atoms with Gasteiger partial charge in [0.2, 0.25) is 5.28 Å². The van der Waals surface area contributed by atoms with E-state index in [4.69, 9.17) is 51.1 Å². The summed E-state index contributed by atoms with van der Waals surface area (Å²) < 4.78 is 31.5. The van der Waals surface area contributed by atoms with Gasteiger partial charge in [0.1, 0.15) is 18.3 Å². The van der Waals surface area contributed by atoms with E-state index < -0.39 is 50.2 Å². The number of hydrogen-bond donors (Lipinski definition) is 5. The number of fused-ring (bicyclic) bond motifs is 1. The van der Waals surface area contributed by atoms with E-state index in [1.54, 1.807) is 24.1 Å². The summed E-state index contributed by atoms with van der Waals surface area (Å²) in [6.45, 7) is -0.633. The Kier molecular flexibility index (Phi) is 8.89. The van der Waals surface area contributed by atoms with Crippen LogP contribution < -0.4 is 4.90 Å². The molecule has 1 unspecified atom stereocenters. The highest BCUT2D eigenvalue weighted by atomic mass is 35.5. The Labute approximate surface area is 239 Å². The molecule has 1 aromatic carbocycles. The third-order valence-electron chi connectivity index (χ3n) is 5.69. The summed E-state index contributed by atoms with van der Waals surface area (Å²) in [6.07, 6.45) is -6.34. The first-order valence-corrected chi connectivity index (χ1v) is 15.4. The van der Waals surface area contributed by atoms with Gasteiger partial charge in [0.05, 0.1) is 6.61 Å². The largest absolute Gasteiger partial charge is 0.387 e. The number of aliphatic hydroxyl groups is 2. The van der Waals surface area contributed by atoms with Crippen molar-refractivity contribution in [3.63, 3.8) is 0 Å². The number of hydrogen-bond acceptors (Lipinski definition) is 11. The lowest BCUT2D eigenvalue weighted by molar-refractivity contribution is -0.0551. The Balaban J connectivity index is 1.58. The van der Waals surface area contributed by atoms with Crippen LogP contribution >= 0.6 is 61.6 Å². The van der Waals surface area contributed by atoms with Gasteiger partial charge in [-0.3, -0.25) is 9.13 Å². The molecule has 21 heteroatoms. The Morgan fingerprint density at radius 2 is 1.79 bits per heavy atom. The van der Waals surface area contributed by atoms with E-state index in [1.165, 1.54) is 0 Å². The van der Waals surface area contributed by atoms with Crippen LogP contribution in [0.15, 0.2) is 24.3 Å². The average Bonchev–Trinajstić information content (AvgIpc) is 3.38. The molecule has 0 radical (unpaired) electrons. The van der Waals surface area contributed by atoms with Crippen molar-refractivity contribution in [2.75, 3.05) is 18.6 Å². The molecule has 1 saturated heterocycles. The first-order chi connectivity index (χ1) is 18.0. The summed E-state index contributed by atoms with van der Waals surface area (Å²) in [5.41, 5.74) is 0.966. The smallest absolute Gasteiger partial charge is 0.376 e. The molecule has 3 aromatic rings. The molecule has 214 valence electrons. The van der Waals surface area contributed by atoms with Crippen LogP contribution in [-0.2, 0) is 24.9 Å². The third-order valence-corrected chi connectivity index (χ3v) is 12.2. The van der Waals surface area contributed by atoms with Crippen LogP contribution in [0.3, 0.4) is 0 Å². The minimum absolute atomic E-state index is 0.0173. The second kappa shape index (κ2) is 11.3. The number of halogens is 4. The number of anilines is 1. The van der Waals surface area contributed by atoms with Gasteiger partial charge in [0, 0.05) is 18.6 Å². The molecule has 3 heterocycles. The van der Waals surface area contributed by atoms with E-state index in [0.29, 0.717) is 11.6 Å². The van der Waals surface area contributed by atoms with Crippen LogP contribution in [0.5, 0.6) is 0 Å². The molecule has 4 rings (SSSR count). The van der Waals surface area contributed by atoms with E-state index in [-0.39, 0.29) is 22.3 Å². The highest BCUT2D eigenvalue weighted by molar-refractivity contribution is 7.78. The number of aromatic nitrogens is 5. The third kappa shape index (κ3) is 5.93. The van der Waals surface area contributed by atoms with Gasteiger partial charge < -0.3 is 39.1 Å². The molecule has 2 aromatic heterocycles. The van der Waals surface area contributed by atoms with Crippen molar-refractivity contribution in [2.24, 2.45) is 0 Å². The highest BCUT2D eigenvalue weighted by Gasteiger charge is 2.60. The number of benzene rings is 1. The van der Waals surface area contributed by atoms with E-state index >= 15 is 0 Å². The number of rotatable bonds is 9. The zero-order chi connectivity index (χ0) is 28.9.